The first kappa shape index (κ1) is 23.7. The van der Waals surface area contributed by atoms with Crippen molar-refractivity contribution in [1.29, 1.82) is 0 Å². The van der Waals surface area contributed by atoms with Gasteiger partial charge in [0, 0.05) is 11.2 Å². The molecule has 0 saturated heterocycles. The Morgan fingerprint density at radius 3 is 2.12 bits per heavy atom. The molecule has 0 radical (unpaired) electrons. The average molecular weight is 434 g/mol. The summed E-state index contributed by atoms with van der Waals surface area (Å²) in [5.41, 5.74) is -0.969. The molecule has 0 bridgehead atoms. The first-order valence-electron chi connectivity index (χ1n) is 7.55. The minimum atomic E-state index is -5.16. The van der Waals surface area contributed by atoms with Gasteiger partial charge in [-0.1, -0.05) is 15.9 Å². The van der Waals surface area contributed by atoms with Crippen LogP contribution in [-0.2, 0) is 23.9 Å². The topological polar surface area (TPSA) is 81.7 Å². The Balaban J connectivity index is 5.55. The van der Waals surface area contributed by atoms with E-state index in [4.69, 9.17) is 4.74 Å². The van der Waals surface area contributed by atoms with E-state index in [0.717, 1.165) is 7.11 Å². The molecule has 0 aliphatic carbocycles. The smallest absolute Gasteiger partial charge is 0.469 e. The summed E-state index contributed by atoms with van der Waals surface area (Å²) in [6, 6.07) is -1.62. The van der Waals surface area contributed by atoms with Crippen LogP contribution in [0.2, 0.25) is 0 Å². The molecule has 0 rings (SSSR count). The number of ether oxygens (including phenoxy) is 2. The Hall–Kier alpha value is -1.32. The van der Waals surface area contributed by atoms with Gasteiger partial charge in [0.25, 0.3) is 0 Å². The van der Waals surface area contributed by atoms with Crippen molar-refractivity contribution in [2.75, 3.05) is 12.4 Å². The number of carbonyl (C=O) groups is 3. The lowest BCUT2D eigenvalue weighted by atomic mass is 9.91. The van der Waals surface area contributed by atoms with Gasteiger partial charge in [-0.2, -0.15) is 13.2 Å². The van der Waals surface area contributed by atoms with Crippen molar-refractivity contribution in [1.82, 2.24) is 5.32 Å². The molecule has 0 heterocycles. The molecule has 146 valence electrons. The zero-order valence-corrected chi connectivity index (χ0v) is 16.1. The number of halogens is 4. The van der Waals surface area contributed by atoms with Gasteiger partial charge in [-0.15, -0.1) is 0 Å². The summed E-state index contributed by atoms with van der Waals surface area (Å²) >= 11 is 3.18. The van der Waals surface area contributed by atoms with Crippen LogP contribution in [0.15, 0.2) is 0 Å². The van der Waals surface area contributed by atoms with Gasteiger partial charge in [0.2, 0.25) is 0 Å². The molecule has 10 heteroatoms. The first-order chi connectivity index (χ1) is 11.3. The van der Waals surface area contributed by atoms with Gasteiger partial charge in [0.15, 0.2) is 0 Å². The van der Waals surface area contributed by atoms with Crippen LogP contribution in [-0.4, -0.2) is 48.1 Å². The van der Waals surface area contributed by atoms with E-state index in [1.807, 2.05) is 0 Å². The molecular formula is C15H23BrF3NO5. The Kier molecular flexibility index (Phi) is 9.45. The minimum Gasteiger partial charge on any atom is -0.469 e. The predicted octanol–water partition coefficient (Wildman–Crippen LogP) is 2.73. The number of hydrogen-bond acceptors (Lipinski definition) is 5. The molecule has 0 unspecified atom stereocenters. The van der Waals surface area contributed by atoms with Crippen LogP contribution in [0.1, 0.15) is 40.0 Å². The van der Waals surface area contributed by atoms with Gasteiger partial charge in [-0.05, 0) is 33.6 Å². The number of amides is 1. The Labute approximate surface area is 152 Å². The van der Waals surface area contributed by atoms with Crippen LogP contribution in [0.3, 0.4) is 0 Å². The third kappa shape index (κ3) is 9.66. The minimum absolute atomic E-state index is 0.211. The molecule has 6 nitrogen and oxygen atoms in total. The largest absolute Gasteiger partial charge is 0.471 e. The van der Waals surface area contributed by atoms with E-state index in [9.17, 15) is 27.6 Å². The molecule has 0 aromatic rings. The Morgan fingerprint density at radius 1 is 1.16 bits per heavy atom. The van der Waals surface area contributed by atoms with E-state index in [2.05, 4.69) is 20.7 Å². The van der Waals surface area contributed by atoms with Crippen molar-refractivity contribution < 1.29 is 37.0 Å². The van der Waals surface area contributed by atoms with Crippen LogP contribution < -0.4 is 5.32 Å². The number of rotatable bonds is 8. The lowest BCUT2D eigenvalue weighted by molar-refractivity contribution is -0.178. The molecular weight excluding hydrogens is 411 g/mol. The standard InChI is InChI=1S/C15H23BrF3NO5/c1-14(2,3)25-12(22)11(20-13(23)15(17,18)19)9(6-5-7-16)8-10(21)24-4/h9,11H,5-8H2,1-4H3,(H,20,23)/t9-,11+/m1/s1. The fourth-order valence-corrected chi connectivity index (χ4v) is 2.30. The van der Waals surface area contributed by atoms with Crippen LogP contribution in [0.5, 0.6) is 0 Å². The normalized spacial score (nSPS) is 14.4. The lowest BCUT2D eigenvalue weighted by Crippen LogP contribution is -2.52. The van der Waals surface area contributed by atoms with Crippen molar-refractivity contribution in [2.24, 2.45) is 5.92 Å². The number of nitrogens with one attached hydrogen (secondary N) is 1. The summed E-state index contributed by atoms with van der Waals surface area (Å²) < 4.78 is 47.4. The highest BCUT2D eigenvalue weighted by molar-refractivity contribution is 9.09. The molecule has 0 aromatic carbocycles. The van der Waals surface area contributed by atoms with E-state index in [-0.39, 0.29) is 12.8 Å². The monoisotopic (exact) mass is 433 g/mol. The van der Waals surface area contributed by atoms with Crippen molar-refractivity contribution >= 4 is 33.8 Å². The van der Waals surface area contributed by atoms with Crippen molar-refractivity contribution in [3.63, 3.8) is 0 Å². The number of alkyl halides is 4. The maximum Gasteiger partial charge on any atom is 0.471 e. The summed E-state index contributed by atoms with van der Waals surface area (Å²) in [5, 5.41) is 2.17. The van der Waals surface area contributed by atoms with E-state index in [0.29, 0.717) is 11.8 Å². The van der Waals surface area contributed by atoms with E-state index >= 15 is 0 Å². The molecule has 1 N–H and O–H groups in total. The number of hydrogen-bond donors (Lipinski definition) is 1. The van der Waals surface area contributed by atoms with Crippen LogP contribution in [0, 0.1) is 5.92 Å². The molecule has 0 fully saturated rings. The molecule has 0 saturated carbocycles. The summed E-state index contributed by atoms with van der Waals surface area (Å²) in [6.07, 6.45) is -4.80. The van der Waals surface area contributed by atoms with E-state index in [1.54, 1.807) is 26.1 Å². The number of methoxy groups -OCH3 is 1. The Morgan fingerprint density at radius 2 is 1.72 bits per heavy atom. The molecule has 1 amide bonds. The van der Waals surface area contributed by atoms with Crippen LogP contribution in [0.4, 0.5) is 13.2 Å². The zero-order chi connectivity index (χ0) is 19.8. The van der Waals surface area contributed by atoms with E-state index in [1.165, 1.54) is 0 Å². The van der Waals surface area contributed by atoms with Crippen LogP contribution in [0.25, 0.3) is 0 Å². The molecule has 0 aliphatic rings. The molecule has 0 spiro atoms. The quantitative estimate of drug-likeness (QED) is 0.470. The summed E-state index contributed by atoms with van der Waals surface area (Å²) in [7, 11) is 1.13. The van der Waals surface area contributed by atoms with Crippen molar-refractivity contribution in [3.8, 4) is 0 Å². The third-order valence-electron chi connectivity index (χ3n) is 3.04. The molecule has 0 aliphatic heterocycles. The van der Waals surface area contributed by atoms with Gasteiger partial charge in [0.05, 0.1) is 13.5 Å². The second kappa shape index (κ2) is 9.98. The number of carbonyl (C=O) groups excluding carboxylic acids is 3. The fourth-order valence-electron chi connectivity index (χ4n) is 1.98. The highest BCUT2D eigenvalue weighted by Gasteiger charge is 2.43. The second-order valence-corrected chi connectivity index (χ2v) is 7.15. The van der Waals surface area contributed by atoms with Gasteiger partial charge in [0.1, 0.15) is 11.6 Å². The van der Waals surface area contributed by atoms with Crippen molar-refractivity contribution in [3.05, 3.63) is 0 Å². The van der Waals surface area contributed by atoms with Gasteiger partial charge < -0.3 is 14.8 Å². The predicted molar refractivity (Wildman–Crippen MR) is 87.0 cm³/mol. The zero-order valence-electron chi connectivity index (χ0n) is 14.5. The number of esters is 2. The summed E-state index contributed by atoms with van der Waals surface area (Å²) in [6.45, 7) is 4.63. The first-order valence-corrected chi connectivity index (χ1v) is 8.67. The van der Waals surface area contributed by atoms with Gasteiger partial charge >= 0.3 is 24.0 Å². The molecule has 25 heavy (non-hydrogen) atoms. The van der Waals surface area contributed by atoms with Crippen molar-refractivity contribution in [2.45, 2.75) is 57.9 Å². The second-order valence-electron chi connectivity index (χ2n) is 6.35. The maximum atomic E-state index is 12.6. The maximum absolute atomic E-state index is 12.6. The molecule has 2 atom stereocenters. The highest BCUT2D eigenvalue weighted by atomic mass is 79.9. The lowest BCUT2D eigenvalue weighted by Gasteiger charge is -2.29. The fraction of sp³-hybridized carbons (Fsp3) is 0.800. The van der Waals surface area contributed by atoms with Gasteiger partial charge in [-0.3, -0.25) is 9.59 Å². The summed E-state index contributed by atoms with van der Waals surface area (Å²) in [5.74, 6) is -4.90. The third-order valence-corrected chi connectivity index (χ3v) is 3.60. The average Bonchev–Trinajstić information content (AvgIpc) is 2.45. The van der Waals surface area contributed by atoms with Gasteiger partial charge in [-0.25, -0.2) is 4.79 Å². The Bertz CT molecular complexity index is 477. The molecule has 0 aromatic heterocycles. The van der Waals surface area contributed by atoms with Crippen LogP contribution >= 0.6 is 15.9 Å². The SMILES string of the molecule is COC(=O)C[C@@H](CCCBr)[C@H](NC(=O)C(F)(F)F)C(=O)OC(C)(C)C. The van der Waals surface area contributed by atoms with E-state index < -0.39 is 41.6 Å². The highest BCUT2D eigenvalue weighted by Crippen LogP contribution is 2.23. The summed E-state index contributed by atoms with van der Waals surface area (Å²) in [4.78, 5) is 35.2.